The van der Waals surface area contributed by atoms with E-state index in [1.54, 1.807) is 24.3 Å². The smallest absolute Gasteiger partial charge is 0.194 e. The van der Waals surface area contributed by atoms with Gasteiger partial charge in [0.2, 0.25) is 0 Å². The molecule has 1 aromatic carbocycles. The van der Waals surface area contributed by atoms with Crippen LogP contribution in [0, 0.1) is 11.3 Å². The van der Waals surface area contributed by atoms with E-state index in [9.17, 15) is 0 Å². The fourth-order valence-electron chi connectivity index (χ4n) is 2.14. The van der Waals surface area contributed by atoms with Crippen molar-refractivity contribution in [2.45, 2.75) is 13.5 Å². The summed E-state index contributed by atoms with van der Waals surface area (Å²) in [4.78, 5) is 4.54. The van der Waals surface area contributed by atoms with E-state index >= 15 is 0 Å². The minimum Gasteiger partial charge on any atom is -0.441 e. The Balaban J connectivity index is 2.27. The zero-order valence-electron chi connectivity index (χ0n) is 10.2. The van der Waals surface area contributed by atoms with Gasteiger partial charge in [-0.2, -0.15) is 5.26 Å². The number of hydrogen-bond acceptors (Lipinski definition) is 3. The van der Waals surface area contributed by atoms with Crippen molar-refractivity contribution >= 4 is 22.6 Å². The fraction of sp³-hybridized carbons (Fsp3) is 0.143. The Morgan fingerprint density at radius 1 is 1.37 bits per heavy atom. The van der Waals surface area contributed by atoms with Gasteiger partial charge in [-0.15, -0.1) is 0 Å². The van der Waals surface area contributed by atoms with Crippen molar-refractivity contribution in [2.24, 2.45) is 0 Å². The first-order chi connectivity index (χ1) is 9.22. The van der Waals surface area contributed by atoms with Gasteiger partial charge in [0, 0.05) is 6.54 Å². The summed E-state index contributed by atoms with van der Waals surface area (Å²) in [5.41, 5.74) is 2.35. The molecule has 0 amide bonds. The first-order valence-electron chi connectivity index (χ1n) is 5.89. The minimum atomic E-state index is 0.336. The molecular formula is C14H10ClN3O. The standard InChI is InChI=1S/C14H10ClN3O/c1-2-18-11-4-3-9(8-16)7-10(11)17-14(18)12-5-6-13(15)19-12/h3-7H,2H2,1H3. The van der Waals surface area contributed by atoms with Crippen LogP contribution in [0.1, 0.15) is 12.5 Å². The van der Waals surface area contributed by atoms with Gasteiger partial charge in [-0.1, -0.05) is 0 Å². The average Bonchev–Trinajstić information content (AvgIpc) is 3.00. The maximum Gasteiger partial charge on any atom is 0.194 e. The number of nitrogens with zero attached hydrogens (tertiary/aromatic N) is 3. The molecule has 0 saturated carbocycles. The molecule has 5 heteroatoms. The fourth-order valence-corrected chi connectivity index (χ4v) is 2.29. The molecule has 0 N–H and O–H groups in total. The number of nitriles is 1. The monoisotopic (exact) mass is 271 g/mol. The number of furan rings is 1. The zero-order valence-corrected chi connectivity index (χ0v) is 11.0. The molecule has 0 fully saturated rings. The SMILES string of the molecule is CCn1c(-c2ccc(Cl)o2)nc2cc(C#N)ccc21. The number of aromatic nitrogens is 2. The summed E-state index contributed by atoms with van der Waals surface area (Å²) in [6, 6.07) is 11.1. The Morgan fingerprint density at radius 2 is 2.21 bits per heavy atom. The van der Waals surface area contributed by atoms with Crippen molar-refractivity contribution in [1.29, 1.82) is 5.26 Å². The Hall–Kier alpha value is -2.25. The van der Waals surface area contributed by atoms with E-state index in [1.165, 1.54) is 0 Å². The van der Waals surface area contributed by atoms with Crippen LogP contribution < -0.4 is 0 Å². The minimum absolute atomic E-state index is 0.336. The largest absolute Gasteiger partial charge is 0.441 e. The van der Waals surface area contributed by atoms with Crippen LogP contribution in [0.5, 0.6) is 0 Å². The topological polar surface area (TPSA) is 54.8 Å². The highest BCUT2D eigenvalue weighted by atomic mass is 35.5. The number of benzene rings is 1. The number of halogens is 1. The summed E-state index contributed by atoms with van der Waals surface area (Å²) in [6.45, 7) is 2.80. The molecule has 94 valence electrons. The van der Waals surface area contributed by atoms with Crippen molar-refractivity contribution in [2.75, 3.05) is 0 Å². The van der Waals surface area contributed by atoms with Crippen LogP contribution in [0.25, 0.3) is 22.6 Å². The van der Waals surface area contributed by atoms with E-state index in [-0.39, 0.29) is 0 Å². The van der Waals surface area contributed by atoms with Crippen LogP contribution in [-0.4, -0.2) is 9.55 Å². The number of aryl methyl sites for hydroxylation is 1. The van der Waals surface area contributed by atoms with Crippen molar-refractivity contribution in [3.63, 3.8) is 0 Å². The predicted molar refractivity (Wildman–Crippen MR) is 72.8 cm³/mol. The summed E-state index contributed by atoms with van der Waals surface area (Å²) in [7, 11) is 0. The number of rotatable bonds is 2. The third-order valence-corrected chi connectivity index (χ3v) is 3.19. The predicted octanol–water partition coefficient (Wildman–Crippen LogP) is 3.84. The average molecular weight is 272 g/mol. The van der Waals surface area contributed by atoms with Crippen LogP contribution in [0.4, 0.5) is 0 Å². The van der Waals surface area contributed by atoms with Gasteiger partial charge < -0.3 is 8.98 Å². The van der Waals surface area contributed by atoms with E-state index in [1.807, 2.05) is 17.6 Å². The van der Waals surface area contributed by atoms with Gasteiger partial charge in [0.25, 0.3) is 0 Å². The molecule has 2 aromatic heterocycles. The van der Waals surface area contributed by atoms with Gasteiger partial charge in [-0.05, 0) is 48.9 Å². The van der Waals surface area contributed by atoms with Crippen LogP contribution >= 0.6 is 11.6 Å². The molecule has 0 spiro atoms. The van der Waals surface area contributed by atoms with Crippen LogP contribution in [0.15, 0.2) is 34.7 Å². The third kappa shape index (κ3) is 1.88. The van der Waals surface area contributed by atoms with Crippen molar-refractivity contribution in [1.82, 2.24) is 9.55 Å². The molecule has 0 atom stereocenters. The molecule has 0 saturated heterocycles. The van der Waals surface area contributed by atoms with Crippen molar-refractivity contribution < 1.29 is 4.42 Å². The molecule has 4 nitrogen and oxygen atoms in total. The van der Waals surface area contributed by atoms with Gasteiger partial charge in [0.05, 0.1) is 22.7 Å². The normalized spacial score (nSPS) is 10.8. The Labute approximate surface area is 114 Å². The van der Waals surface area contributed by atoms with Crippen LogP contribution in [0.2, 0.25) is 5.22 Å². The summed E-state index contributed by atoms with van der Waals surface area (Å²) >= 11 is 5.81. The number of hydrogen-bond donors (Lipinski definition) is 0. The van der Waals surface area contributed by atoms with E-state index in [4.69, 9.17) is 21.3 Å². The molecule has 0 aliphatic heterocycles. The molecule has 0 bridgehead atoms. The lowest BCUT2D eigenvalue weighted by Gasteiger charge is -2.03. The molecule has 3 rings (SSSR count). The summed E-state index contributed by atoms with van der Waals surface area (Å²) < 4.78 is 7.45. The molecule has 2 heterocycles. The zero-order chi connectivity index (χ0) is 13.4. The van der Waals surface area contributed by atoms with Crippen molar-refractivity contribution in [3.05, 3.63) is 41.1 Å². The van der Waals surface area contributed by atoms with E-state index < -0.39 is 0 Å². The van der Waals surface area contributed by atoms with Crippen LogP contribution in [-0.2, 0) is 6.54 Å². The molecule has 3 aromatic rings. The van der Waals surface area contributed by atoms with Crippen molar-refractivity contribution in [3.8, 4) is 17.7 Å². The Morgan fingerprint density at radius 3 is 2.84 bits per heavy atom. The van der Waals surface area contributed by atoms with Gasteiger partial charge in [-0.25, -0.2) is 4.98 Å². The van der Waals surface area contributed by atoms with E-state index in [0.29, 0.717) is 16.5 Å². The highest BCUT2D eigenvalue weighted by Gasteiger charge is 2.14. The second-order valence-electron chi connectivity index (χ2n) is 4.10. The number of imidazole rings is 1. The molecule has 0 radical (unpaired) electrons. The lowest BCUT2D eigenvalue weighted by atomic mass is 10.2. The van der Waals surface area contributed by atoms with Gasteiger partial charge >= 0.3 is 0 Å². The maximum absolute atomic E-state index is 8.93. The summed E-state index contributed by atoms with van der Waals surface area (Å²) in [5.74, 6) is 1.35. The second-order valence-corrected chi connectivity index (χ2v) is 4.47. The van der Waals surface area contributed by atoms with Gasteiger partial charge in [-0.3, -0.25) is 0 Å². The van der Waals surface area contributed by atoms with Gasteiger partial charge in [0.15, 0.2) is 16.8 Å². The highest BCUT2D eigenvalue weighted by Crippen LogP contribution is 2.28. The van der Waals surface area contributed by atoms with Gasteiger partial charge in [0.1, 0.15) is 0 Å². The second kappa shape index (κ2) is 4.45. The summed E-state index contributed by atoms with van der Waals surface area (Å²) in [6.07, 6.45) is 0. The number of fused-ring (bicyclic) bond motifs is 1. The molecule has 0 aliphatic carbocycles. The Kier molecular flexibility index (Phi) is 2.77. The molecular weight excluding hydrogens is 262 g/mol. The van der Waals surface area contributed by atoms with Crippen LogP contribution in [0.3, 0.4) is 0 Å². The maximum atomic E-state index is 8.93. The highest BCUT2D eigenvalue weighted by molar-refractivity contribution is 6.28. The third-order valence-electron chi connectivity index (χ3n) is 2.99. The Bertz CT molecular complexity index is 795. The lowest BCUT2D eigenvalue weighted by molar-refractivity contribution is 0.573. The first kappa shape index (κ1) is 11.8. The lowest BCUT2D eigenvalue weighted by Crippen LogP contribution is -1.96. The first-order valence-corrected chi connectivity index (χ1v) is 6.27. The molecule has 0 aliphatic rings. The molecule has 0 unspecified atom stereocenters. The summed E-state index contributed by atoms with van der Waals surface area (Å²) in [5, 5.41) is 9.27. The quantitative estimate of drug-likeness (QED) is 0.711. The van der Waals surface area contributed by atoms with E-state index in [0.717, 1.165) is 23.4 Å². The molecule has 19 heavy (non-hydrogen) atoms. The van der Waals surface area contributed by atoms with E-state index in [2.05, 4.69) is 11.1 Å².